The van der Waals surface area contributed by atoms with Gasteiger partial charge in [0.1, 0.15) is 11.4 Å². The third-order valence-corrected chi connectivity index (χ3v) is 3.10. The van der Waals surface area contributed by atoms with E-state index in [-0.39, 0.29) is 5.60 Å². The highest BCUT2D eigenvalue weighted by Gasteiger charge is 2.38. The van der Waals surface area contributed by atoms with Crippen molar-refractivity contribution in [2.75, 3.05) is 11.5 Å². The maximum Gasteiger partial charge on any atom is 0.125 e. The first-order valence-electron chi connectivity index (χ1n) is 4.79. The standard InChI is InChI=1S/C11H16N2O/c1-6-7-4-8(12)9(13)5-10(7)14-11(6,2)3/h4-6H,12-13H2,1-3H3. The lowest BCUT2D eigenvalue weighted by atomic mass is 9.88. The van der Waals surface area contributed by atoms with Crippen LogP contribution in [0.4, 0.5) is 11.4 Å². The Labute approximate surface area is 84.0 Å². The highest BCUT2D eigenvalue weighted by Crippen LogP contribution is 2.46. The van der Waals surface area contributed by atoms with Gasteiger partial charge in [0.05, 0.1) is 11.4 Å². The number of nitrogens with two attached hydrogens (primary N) is 2. The maximum absolute atomic E-state index is 5.81. The third-order valence-electron chi connectivity index (χ3n) is 3.10. The Hall–Kier alpha value is -1.38. The summed E-state index contributed by atoms with van der Waals surface area (Å²) in [5.41, 5.74) is 13.7. The van der Waals surface area contributed by atoms with Crippen molar-refractivity contribution >= 4 is 11.4 Å². The van der Waals surface area contributed by atoms with Gasteiger partial charge in [0.25, 0.3) is 0 Å². The smallest absolute Gasteiger partial charge is 0.125 e. The van der Waals surface area contributed by atoms with E-state index in [0.717, 1.165) is 11.3 Å². The predicted octanol–water partition coefficient (Wildman–Crippen LogP) is 2.13. The monoisotopic (exact) mass is 192 g/mol. The van der Waals surface area contributed by atoms with Gasteiger partial charge < -0.3 is 16.2 Å². The summed E-state index contributed by atoms with van der Waals surface area (Å²) in [6.45, 7) is 6.29. The van der Waals surface area contributed by atoms with Crippen LogP contribution in [0, 0.1) is 0 Å². The normalized spacial score (nSPS) is 22.9. The van der Waals surface area contributed by atoms with Crippen molar-refractivity contribution < 1.29 is 4.74 Å². The maximum atomic E-state index is 5.81. The van der Waals surface area contributed by atoms with Gasteiger partial charge in [-0.3, -0.25) is 0 Å². The lowest BCUT2D eigenvalue weighted by molar-refractivity contribution is 0.116. The van der Waals surface area contributed by atoms with Crippen LogP contribution in [0.1, 0.15) is 32.3 Å². The van der Waals surface area contributed by atoms with Gasteiger partial charge in [-0.05, 0) is 19.9 Å². The second kappa shape index (κ2) is 2.56. The average molecular weight is 192 g/mol. The molecule has 2 rings (SSSR count). The summed E-state index contributed by atoms with van der Waals surface area (Å²) < 4.78 is 5.81. The second-order valence-corrected chi connectivity index (χ2v) is 4.45. The summed E-state index contributed by atoms with van der Waals surface area (Å²) in [5.74, 6) is 1.22. The van der Waals surface area contributed by atoms with E-state index < -0.39 is 0 Å². The van der Waals surface area contributed by atoms with Crippen LogP contribution in [-0.4, -0.2) is 5.60 Å². The number of hydrogen-bond acceptors (Lipinski definition) is 3. The Kier molecular flexibility index (Phi) is 1.68. The van der Waals surface area contributed by atoms with Crippen LogP contribution in [0.2, 0.25) is 0 Å². The van der Waals surface area contributed by atoms with Crippen LogP contribution in [0.25, 0.3) is 0 Å². The topological polar surface area (TPSA) is 61.3 Å². The Balaban J connectivity index is 2.55. The minimum Gasteiger partial charge on any atom is -0.487 e. The summed E-state index contributed by atoms with van der Waals surface area (Å²) in [4.78, 5) is 0. The van der Waals surface area contributed by atoms with E-state index in [1.165, 1.54) is 0 Å². The fourth-order valence-corrected chi connectivity index (χ4v) is 1.80. The second-order valence-electron chi connectivity index (χ2n) is 4.45. The first-order valence-corrected chi connectivity index (χ1v) is 4.79. The number of fused-ring (bicyclic) bond motifs is 1. The summed E-state index contributed by atoms with van der Waals surface area (Å²) in [6, 6.07) is 3.74. The number of anilines is 2. The fraction of sp³-hybridized carbons (Fsp3) is 0.455. The molecule has 1 unspecified atom stereocenters. The Morgan fingerprint density at radius 1 is 1.21 bits per heavy atom. The number of hydrogen-bond donors (Lipinski definition) is 2. The largest absolute Gasteiger partial charge is 0.487 e. The molecule has 0 saturated carbocycles. The zero-order valence-corrected chi connectivity index (χ0v) is 8.79. The first-order chi connectivity index (χ1) is 6.42. The molecule has 3 nitrogen and oxygen atoms in total. The molecule has 0 radical (unpaired) electrons. The van der Waals surface area contributed by atoms with Crippen molar-refractivity contribution in [3.63, 3.8) is 0 Å². The fourth-order valence-electron chi connectivity index (χ4n) is 1.80. The molecule has 0 saturated heterocycles. The van der Waals surface area contributed by atoms with E-state index >= 15 is 0 Å². The van der Waals surface area contributed by atoms with Crippen molar-refractivity contribution in [2.45, 2.75) is 32.3 Å². The molecule has 1 atom stereocenters. The lowest BCUT2D eigenvalue weighted by Gasteiger charge is -2.22. The molecular weight excluding hydrogens is 176 g/mol. The quantitative estimate of drug-likeness (QED) is 0.619. The van der Waals surface area contributed by atoms with E-state index in [9.17, 15) is 0 Å². The lowest BCUT2D eigenvalue weighted by Crippen LogP contribution is -2.28. The molecule has 1 aromatic carbocycles. The number of ether oxygens (including phenoxy) is 1. The molecule has 0 aliphatic carbocycles. The predicted molar refractivity (Wildman–Crippen MR) is 58.4 cm³/mol. The summed E-state index contributed by atoms with van der Waals surface area (Å²) in [5, 5.41) is 0. The molecule has 1 heterocycles. The van der Waals surface area contributed by atoms with Crippen molar-refractivity contribution in [3.8, 4) is 5.75 Å². The Morgan fingerprint density at radius 2 is 1.79 bits per heavy atom. The van der Waals surface area contributed by atoms with E-state index in [1.54, 1.807) is 0 Å². The molecule has 4 N–H and O–H groups in total. The summed E-state index contributed by atoms with van der Waals surface area (Å²) in [6.07, 6.45) is 0. The minimum absolute atomic E-state index is 0.164. The van der Waals surface area contributed by atoms with Crippen LogP contribution in [0.15, 0.2) is 12.1 Å². The highest BCUT2D eigenvalue weighted by atomic mass is 16.5. The molecular formula is C11H16N2O. The van der Waals surface area contributed by atoms with Crippen LogP contribution in [0.3, 0.4) is 0 Å². The van der Waals surface area contributed by atoms with Gasteiger partial charge in [-0.15, -0.1) is 0 Å². The van der Waals surface area contributed by atoms with Gasteiger partial charge in [0.15, 0.2) is 0 Å². The Bertz CT molecular complexity index is 385. The van der Waals surface area contributed by atoms with Gasteiger partial charge in [-0.1, -0.05) is 6.92 Å². The van der Waals surface area contributed by atoms with Crippen LogP contribution >= 0.6 is 0 Å². The van der Waals surface area contributed by atoms with Gasteiger partial charge in [0.2, 0.25) is 0 Å². The molecule has 0 fully saturated rings. The average Bonchev–Trinajstić information content (AvgIpc) is 2.28. The van der Waals surface area contributed by atoms with Crippen LogP contribution < -0.4 is 16.2 Å². The van der Waals surface area contributed by atoms with Gasteiger partial charge in [-0.2, -0.15) is 0 Å². The van der Waals surface area contributed by atoms with E-state index in [0.29, 0.717) is 17.3 Å². The van der Waals surface area contributed by atoms with E-state index in [1.807, 2.05) is 12.1 Å². The first kappa shape index (κ1) is 9.19. The summed E-state index contributed by atoms with van der Waals surface area (Å²) >= 11 is 0. The van der Waals surface area contributed by atoms with Gasteiger partial charge >= 0.3 is 0 Å². The highest BCUT2D eigenvalue weighted by molar-refractivity contribution is 5.69. The molecule has 1 aliphatic rings. The molecule has 14 heavy (non-hydrogen) atoms. The van der Waals surface area contributed by atoms with Crippen molar-refractivity contribution in [1.29, 1.82) is 0 Å². The van der Waals surface area contributed by atoms with E-state index in [4.69, 9.17) is 16.2 Å². The summed E-state index contributed by atoms with van der Waals surface area (Å²) in [7, 11) is 0. The molecule has 1 aromatic rings. The third kappa shape index (κ3) is 1.12. The number of benzene rings is 1. The molecule has 0 aromatic heterocycles. The van der Waals surface area contributed by atoms with Crippen LogP contribution in [-0.2, 0) is 0 Å². The molecule has 0 spiro atoms. The SMILES string of the molecule is CC1c2cc(N)c(N)cc2OC1(C)C. The zero-order chi connectivity index (χ0) is 10.5. The zero-order valence-electron chi connectivity index (χ0n) is 8.79. The minimum atomic E-state index is -0.164. The van der Waals surface area contributed by atoms with Crippen molar-refractivity contribution in [3.05, 3.63) is 17.7 Å². The van der Waals surface area contributed by atoms with E-state index in [2.05, 4.69) is 20.8 Å². The van der Waals surface area contributed by atoms with Gasteiger partial charge in [-0.25, -0.2) is 0 Å². The Morgan fingerprint density at radius 3 is 2.43 bits per heavy atom. The van der Waals surface area contributed by atoms with Gasteiger partial charge in [0, 0.05) is 17.5 Å². The molecule has 3 heteroatoms. The number of nitrogen functional groups attached to an aromatic ring is 2. The van der Waals surface area contributed by atoms with Crippen molar-refractivity contribution in [2.24, 2.45) is 0 Å². The number of rotatable bonds is 0. The van der Waals surface area contributed by atoms with Crippen molar-refractivity contribution in [1.82, 2.24) is 0 Å². The molecule has 76 valence electrons. The van der Waals surface area contributed by atoms with Crippen LogP contribution in [0.5, 0.6) is 5.75 Å². The molecule has 0 bridgehead atoms. The molecule has 1 aliphatic heterocycles. The molecule has 0 amide bonds.